The second-order valence-electron chi connectivity index (χ2n) is 7.53. The minimum absolute atomic E-state index is 0.161. The molecule has 31 heavy (non-hydrogen) atoms. The van der Waals surface area contributed by atoms with Crippen LogP contribution in [0.25, 0.3) is 22.4 Å². The van der Waals surface area contributed by atoms with E-state index in [0.717, 1.165) is 33.6 Å². The van der Waals surface area contributed by atoms with Gasteiger partial charge in [0, 0.05) is 41.3 Å². The first-order valence-corrected chi connectivity index (χ1v) is 10.1. The molecule has 0 radical (unpaired) electrons. The Morgan fingerprint density at radius 2 is 1.71 bits per heavy atom. The maximum Gasteiger partial charge on any atom is 0.251 e. The summed E-state index contributed by atoms with van der Waals surface area (Å²) in [6, 6.07) is 20.4. The number of aromatic nitrogens is 2. The molecule has 0 saturated heterocycles. The van der Waals surface area contributed by atoms with Crippen molar-refractivity contribution in [3.8, 4) is 28.1 Å². The Balaban J connectivity index is 1.70. The number of carbonyl (C=O) groups is 1. The molecule has 2 aromatic carbocycles. The Kier molecular flexibility index (Phi) is 5.76. The zero-order valence-corrected chi connectivity index (χ0v) is 17.5. The van der Waals surface area contributed by atoms with E-state index in [1.807, 2.05) is 62.4 Å². The molecule has 4 rings (SSSR count). The second kappa shape index (κ2) is 8.79. The number of rotatable bonds is 5. The number of pyridine rings is 2. The number of carbonyl (C=O) groups excluding carboxylic acids is 1. The van der Waals surface area contributed by atoms with Crippen molar-refractivity contribution in [2.45, 2.75) is 20.4 Å². The maximum atomic E-state index is 13.0. The largest absolute Gasteiger partial charge is 0.507 e. The van der Waals surface area contributed by atoms with E-state index in [0.29, 0.717) is 17.7 Å². The van der Waals surface area contributed by atoms with Gasteiger partial charge in [0.05, 0.1) is 5.69 Å². The molecule has 0 unspecified atom stereocenters. The van der Waals surface area contributed by atoms with Crippen LogP contribution in [0.15, 0.2) is 79.1 Å². The van der Waals surface area contributed by atoms with E-state index in [2.05, 4.69) is 15.3 Å². The molecule has 0 bridgehead atoms. The highest BCUT2D eigenvalue weighted by atomic mass is 16.3. The third kappa shape index (κ3) is 4.78. The Bertz CT molecular complexity index is 1220. The molecular weight excluding hydrogens is 386 g/mol. The second-order valence-corrected chi connectivity index (χ2v) is 7.53. The SMILES string of the molecule is Cc1ccc(-c2cc(C(=O)NCc3ccc(C)nc3)cc(-c3ccccc3O)c2)nc1. The zero-order chi connectivity index (χ0) is 21.8. The third-order valence-electron chi connectivity index (χ3n) is 5.04. The maximum absolute atomic E-state index is 13.0. The smallest absolute Gasteiger partial charge is 0.251 e. The van der Waals surface area contributed by atoms with Gasteiger partial charge in [-0.3, -0.25) is 14.8 Å². The van der Waals surface area contributed by atoms with Crippen molar-refractivity contribution in [3.63, 3.8) is 0 Å². The molecule has 0 spiro atoms. The molecule has 5 heteroatoms. The lowest BCUT2D eigenvalue weighted by atomic mass is 9.97. The van der Waals surface area contributed by atoms with Crippen LogP contribution in [0.1, 0.15) is 27.2 Å². The van der Waals surface area contributed by atoms with Crippen LogP contribution in [-0.4, -0.2) is 21.0 Å². The summed E-state index contributed by atoms with van der Waals surface area (Å²) in [7, 11) is 0. The van der Waals surface area contributed by atoms with Gasteiger partial charge < -0.3 is 10.4 Å². The fourth-order valence-electron chi connectivity index (χ4n) is 3.31. The van der Waals surface area contributed by atoms with E-state index in [4.69, 9.17) is 0 Å². The molecule has 0 fully saturated rings. The van der Waals surface area contributed by atoms with Crippen molar-refractivity contribution in [2.75, 3.05) is 0 Å². The highest BCUT2D eigenvalue weighted by Gasteiger charge is 2.13. The van der Waals surface area contributed by atoms with Gasteiger partial charge >= 0.3 is 0 Å². The number of phenols is 1. The minimum Gasteiger partial charge on any atom is -0.507 e. The van der Waals surface area contributed by atoms with Crippen LogP contribution in [-0.2, 0) is 6.54 Å². The summed E-state index contributed by atoms with van der Waals surface area (Å²) >= 11 is 0. The van der Waals surface area contributed by atoms with Crippen LogP contribution < -0.4 is 5.32 Å². The fraction of sp³-hybridized carbons (Fsp3) is 0.115. The van der Waals surface area contributed by atoms with Crippen molar-refractivity contribution in [1.82, 2.24) is 15.3 Å². The van der Waals surface area contributed by atoms with Crippen molar-refractivity contribution in [3.05, 3.63) is 102 Å². The van der Waals surface area contributed by atoms with Crippen LogP contribution in [0.2, 0.25) is 0 Å². The molecule has 2 aromatic heterocycles. The Labute approximate surface area is 181 Å². The van der Waals surface area contributed by atoms with Gasteiger partial charge in [-0.25, -0.2) is 0 Å². The van der Waals surface area contributed by atoms with Crippen LogP contribution in [0, 0.1) is 13.8 Å². The van der Waals surface area contributed by atoms with Crippen LogP contribution in [0.4, 0.5) is 0 Å². The Morgan fingerprint density at radius 1 is 0.903 bits per heavy atom. The van der Waals surface area contributed by atoms with Gasteiger partial charge in [-0.05, 0) is 66.9 Å². The number of para-hydroxylation sites is 1. The fourth-order valence-corrected chi connectivity index (χ4v) is 3.31. The molecule has 0 aliphatic heterocycles. The number of nitrogens with one attached hydrogen (secondary N) is 1. The molecule has 4 aromatic rings. The van der Waals surface area contributed by atoms with Crippen molar-refractivity contribution >= 4 is 5.91 Å². The van der Waals surface area contributed by atoms with E-state index in [-0.39, 0.29) is 11.7 Å². The van der Waals surface area contributed by atoms with Crippen LogP contribution >= 0.6 is 0 Å². The first kappa shape index (κ1) is 20.3. The Hall–Kier alpha value is -3.99. The van der Waals surface area contributed by atoms with Gasteiger partial charge in [-0.2, -0.15) is 0 Å². The van der Waals surface area contributed by atoms with Gasteiger partial charge in [-0.1, -0.05) is 30.3 Å². The van der Waals surface area contributed by atoms with Crippen molar-refractivity contribution in [1.29, 1.82) is 0 Å². The molecule has 1 amide bonds. The van der Waals surface area contributed by atoms with E-state index >= 15 is 0 Å². The summed E-state index contributed by atoms with van der Waals surface area (Å²) in [6.45, 7) is 4.28. The monoisotopic (exact) mass is 409 g/mol. The number of nitrogens with zero attached hydrogens (tertiary/aromatic N) is 2. The number of hydrogen-bond donors (Lipinski definition) is 2. The third-order valence-corrected chi connectivity index (χ3v) is 5.04. The summed E-state index contributed by atoms with van der Waals surface area (Å²) < 4.78 is 0. The quantitative estimate of drug-likeness (QED) is 0.483. The Morgan fingerprint density at radius 3 is 2.42 bits per heavy atom. The molecule has 0 atom stereocenters. The normalized spacial score (nSPS) is 10.6. The van der Waals surface area contributed by atoms with Gasteiger partial charge in [0.15, 0.2) is 0 Å². The van der Waals surface area contributed by atoms with E-state index in [9.17, 15) is 9.90 Å². The number of aryl methyl sites for hydroxylation is 2. The first-order valence-electron chi connectivity index (χ1n) is 10.1. The lowest BCUT2D eigenvalue weighted by Crippen LogP contribution is -2.23. The number of amides is 1. The van der Waals surface area contributed by atoms with Crippen LogP contribution in [0.3, 0.4) is 0 Å². The summed E-state index contributed by atoms with van der Waals surface area (Å²) in [5.41, 5.74) is 6.40. The zero-order valence-electron chi connectivity index (χ0n) is 17.5. The predicted molar refractivity (Wildman–Crippen MR) is 122 cm³/mol. The molecule has 2 heterocycles. The lowest BCUT2D eigenvalue weighted by molar-refractivity contribution is 0.0951. The molecule has 0 aliphatic carbocycles. The van der Waals surface area contributed by atoms with Crippen molar-refractivity contribution < 1.29 is 9.90 Å². The average Bonchev–Trinajstić information content (AvgIpc) is 2.79. The molecule has 2 N–H and O–H groups in total. The van der Waals surface area contributed by atoms with E-state index < -0.39 is 0 Å². The minimum atomic E-state index is -0.203. The van der Waals surface area contributed by atoms with E-state index in [1.54, 1.807) is 30.6 Å². The predicted octanol–water partition coefficient (Wildman–Crippen LogP) is 5.06. The molecular formula is C26H23N3O2. The lowest BCUT2D eigenvalue weighted by Gasteiger charge is -2.12. The van der Waals surface area contributed by atoms with Gasteiger partial charge in [-0.15, -0.1) is 0 Å². The summed E-state index contributed by atoms with van der Waals surface area (Å²) in [4.78, 5) is 21.7. The number of benzene rings is 2. The van der Waals surface area contributed by atoms with E-state index in [1.165, 1.54) is 0 Å². The summed E-state index contributed by atoms with van der Waals surface area (Å²) in [6.07, 6.45) is 3.56. The van der Waals surface area contributed by atoms with Gasteiger partial charge in [0.2, 0.25) is 0 Å². The highest BCUT2D eigenvalue weighted by molar-refractivity contribution is 5.97. The molecule has 0 aliphatic rings. The molecule has 154 valence electrons. The summed E-state index contributed by atoms with van der Waals surface area (Å²) in [5, 5.41) is 13.3. The van der Waals surface area contributed by atoms with Gasteiger partial charge in [0.25, 0.3) is 5.91 Å². The topological polar surface area (TPSA) is 75.1 Å². The highest BCUT2D eigenvalue weighted by Crippen LogP contribution is 2.32. The first-order chi connectivity index (χ1) is 15.0. The number of phenolic OH excluding ortho intramolecular Hbond substituents is 1. The molecule has 0 saturated carbocycles. The standard InChI is InChI=1S/C26H23N3O2/c1-17-7-10-24(28-14-17)21-11-20(23-5-3-4-6-25(23)30)12-22(13-21)26(31)29-16-19-9-8-18(2)27-15-19/h3-15,30H,16H2,1-2H3,(H,29,31). The average molecular weight is 409 g/mol. The van der Waals surface area contributed by atoms with Gasteiger partial charge in [0.1, 0.15) is 5.75 Å². The summed E-state index contributed by atoms with van der Waals surface area (Å²) in [5.74, 6) is -0.0418. The number of hydrogen-bond acceptors (Lipinski definition) is 4. The van der Waals surface area contributed by atoms with Crippen LogP contribution in [0.5, 0.6) is 5.75 Å². The van der Waals surface area contributed by atoms with Crippen molar-refractivity contribution in [2.24, 2.45) is 0 Å². The number of aromatic hydroxyl groups is 1. The molecule has 5 nitrogen and oxygen atoms in total.